The molecule has 104 valence electrons. The van der Waals surface area contributed by atoms with E-state index in [-0.39, 0.29) is 12.4 Å². The van der Waals surface area contributed by atoms with E-state index in [1.54, 1.807) is 24.3 Å². The molecule has 0 bridgehead atoms. The maximum atomic E-state index is 12.0. The second-order valence-electron chi connectivity index (χ2n) is 4.27. The fourth-order valence-corrected chi connectivity index (χ4v) is 2.09. The second kappa shape index (κ2) is 6.49. The third kappa shape index (κ3) is 3.66. The van der Waals surface area contributed by atoms with Gasteiger partial charge in [-0.1, -0.05) is 40.9 Å². The molecule has 0 atom stereocenters. The van der Waals surface area contributed by atoms with E-state index in [2.05, 4.69) is 0 Å². The summed E-state index contributed by atoms with van der Waals surface area (Å²) < 4.78 is 5.45. The summed E-state index contributed by atoms with van der Waals surface area (Å²) in [6.45, 7) is 1.81. The van der Waals surface area contributed by atoms with Crippen molar-refractivity contribution in [2.24, 2.45) is 0 Å². The Bertz CT molecular complexity index is 654. The lowest BCUT2D eigenvalue weighted by atomic mass is 10.1. The molecule has 20 heavy (non-hydrogen) atoms. The highest BCUT2D eigenvalue weighted by molar-refractivity contribution is 6.42. The number of ether oxygens (including phenoxy) is 1. The Kier molecular flexibility index (Phi) is 4.92. The molecule has 0 aromatic heterocycles. The Hall–Kier alpha value is -1.22. The van der Waals surface area contributed by atoms with E-state index in [0.717, 1.165) is 5.56 Å². The summed E-state index contributed by atoms with van der Waals surface area (Å²) in [5, 5.41) is 1.22. The van der Waals surface area contributed by atoms with Gasteiger partial charge in [0.25, 0.3) is 0 Å². The number of rotatable bonds is 4. The van der Waals surface area contributed by atoms with Crippen LogP contribution in [0.4, 0.5) is 0 Å². The van der Waals surface area contributed by atoms with Crippen molar-refractivity contribution >= 4 is 40.6 Å². The van der Waals surface area contributed by atoms with E-state index < -0.39 is 0 Å². The lowest BCUT2D eigenvalue weighted by molar-refractivity contribution is 0.0921. The van der Waals surface area contributed by atoms with Crippen LogP contribution in [-0.4, -0.2) is 12.4 Å². The van der Waals surface area contributed by atoms with E-state index in [1.807, 2.05) is 13.0 Å². The average molecular weight is 330 g/mol. The number of Topliss-reactive ketones (excluding diaryl/α,β-unsaturated/α-hetero) is 1. The Balaban J connectivity index is 2.08. The molecule has 0 aliphatic heterocycles. The minimum Gasteiger partial charge on any atom is -0.484 e. The van der Waals surface area contributed by atoms with Crippen molar-refractivity contribution in [3.63, 3.8) is 0 Å². The number of hydrogen-bond acceptors (Lipinski definition) is 2. The van der Waals surface area contributed by atoms with Crippen LogP contribution in [0.3, 0.4) is 0 Å². The van der Waals surface area contributed by atoms with Gasteiger partial charge in [-0.25, -0.2) is 0 Å². The van der Waals surface area contributed by atoms with Gasteiger partial charge in [0.2, 0.25) is 0 Å². The van der Waals surface area contributed by atoms with Crippen LogP contribution in [0.5, 0.6) is 5.75 Å². The van der Waals surface area contributed by atoms with E-state index in [0.29, 0.717) is 26.4 Å². The SMILES string of the molecule is Cc1ccc(Cl)c(OCC(=O)c2ccc(Cl)c(Cl)c2)c1. The molecule has 0 N–H and O–H groups in total. The molecule has 2 aromatic rings. The number of benzene rings is 2. The number of halogens is 3. The summed E-state index contributed by atoms with van der Waals surface area (Å²) in [6, 6.07) is 10.1. The van der Waals surface area contributed by atoms with Crippen LogP contribution in [0.25, 0.3) is 0 Å². The van der Waals surface area contributed by atoms with Crippen LogP contribution in [-0.2, 0) is 0 Å². The van der Waals surface area contributed by atoms with Crippen molar-refractivity contribution in [2.45, 2.75) is 6.92 Å². The highest BCUT2D eigenvalue weighted by atomic mass is 35.5. The predicted molar refractivity (Wildman–Crippen MR) is 82.5 cm³/mol. The quantitative estimate of drug-likeness (QED) is 0.719. The Morgan fingerprint density at radius 2 is 1.70 bits per heavy atom. The van der Waals surface area contributed by atoms with Gasteiger partial charge in [-0.15, -0.1) is 0 Å². The first kappa shape index (κ1) is 15.2. The molecule has 0 saturated carbocycles. The molecular formula is C15H11Cl3O2. The number of aryl methyl sites for hydroxylation is 1. The first-order valence-electron chi connectivity index (χ1n) is 5.84. The molecule has 0 heterocycles. The molecule has 2 aromatic carbocycles. The molecule has 0 radical (unpaired) electrons. The largest absolute Gasteiger partial charge is 0.484 e. The first-order valence-corrected chi connectivity index (χ1v) is 6.98. The van der Waals surface area contributed by atoms with Crippen molar-refractivity contribution in [3.8, 4) is 5.75 Å². The molecule has 2 rings (SSSR count). The summed E-state index contributed by atoms with van der Waals surface area (Å²) in [5.74, 6) is 0.293. The third-order valence-corrected chi connectivity index (χ3v) is 3.74. The number of ketones is 1. The molecule has 5 heteroatoms. The summed E-state index contributed by atoms with van der Waals surface area (Å²) >= 11 is 17.7. The van der Waals surface area contributed by atoms with Gasteiger partial charge in [0, 0.05) is 5.56 Å². The van der Waals surface area contributed by atoms with Crippen molar-refractivity contribution in [1.29, 1.82) is 0 Å². The van der Waals surface area contributed by atoms with Gasteiger partial charge in [0.15, 0.2) is 12.4 Å². The molecule has 0 aliphatic rings. The van der Waals surface area contributed by atoms with Crippen LogP contribution in [0.1, 0.15) is 15.9 Å². The zero-order valence-corrected chi connectivity index (χ0v) is 12.9. The predicted octanol–water partition coefficient (Wildman–Crippen LogP) is 5.22. The first-order chi connectivity index (χ1) is 9.47. The van der Waals surface area contributed by atoms with E-state index >= 15 is 0 Å². The van der Waals surface area contributed by atoms with Crippen LogP contribution in [0.2, 0.25) is 15.1 Å². The molecule has 0 aliphatic carbocycles. The normalized spacial score (nSPS) is 10.4. The summed E-state index contributed by atoms with van der Waals surface area (Å²) in [4.78, 5) is 12.0. The molecule has 2 nitrogen and oxygen atoms in total. The van der Waals surface area contributed by atoms with E-state index in [9.17, 15) is 4.79 Å². The molecule has 0 fully saturated rings. The fourth-order valence-electron chi connectivity index (χ4n) is 1.62. The lowest BCUT2D eigenvalue weighted by Gasteiger charge is -2.08. The summed E-state index contributed by atoms with van der Waals surface area (Å²) in [6.07, 6.45) is 0. The van der Waals surface area contributed by atoms with Gasteiger partial charge in [-0.05, 0) is 42.8 Å². The molecule has 0 saturated heterocycles. The lowest BCUT2D eigenvalue weighted by Crippen LogP contribution is -2.11. The van der Waals surface area contributed by atoms with Gasteiger partial charge in [0.05, 0.1) is 15.1 Å². The Labute approximate surface area is 132 Å². The zero-order valence-electron chi connectivity index (χ0n) is 10.6. The summed E-state index contributed by atoms with van der Waals surface area (Å²) in [5.41, 5.74) is 1.45. The highest BCUT2D eigenvalue weighted by Crippen LogP contribution is 2.26. The molecule has 0 amide bonds. The summed E-state index contributed by atoms with van der Waals surface area (Å²) in [7, 11) is 0. The van der Waals surface area contributed by atoms with Crippen molar-refractivity contribution in [1.82, 2.24) is 0 Å². The number of carbonyl (C=O) groups excluding carboxylic acids is 1. The van der Waals surface area contributed by atoms with E-state index in [4.69, 9.17) is 39.5 Å². The van der Waals surface area contributed by atoms with Gasteiger partial charge >= 0.3 is 0 Å². The topological polar surface area (TPSA) is 26.3 Å². The molecular weight excluding hydrogens is 319 g/mol. The third-order valence-electron chi connectivity index (χ3n) is 2.69. The minimum atomic E-state index is -0.193. The number of hydrogen-bond donors (Lipinski definition) is 0. The standard InChI is InChI=1S/C15H11Cl3O2/c1-9-2-4-12(17)15(6-9)20-8-14(19)10-3-5-11(16)13(18)7-10/h2-7H,8H2,1H3. The second-order valence-corrected chi connectivity index (χ2v) is 5.50. The van der Waals surface area contributed by atoms with Crippen molar-refractivity contribution < 1.29 is 9.53 Å². The van der Waals surface area contributed by atoms with Crippen LogP contribution < -0.4 is 4.74 Å². The maximum absolute atomic E-state index is 12.0. The van der Waals surface area contributed by atoms with E-state index in [1.165, 1.54) is 6.07 Å². The average Bonchev–Trinajstić information content (AvgIpc) is 2.42. The maximum Gasteiger partial charge on any atom is 0.200 e. The van der Waals surface area contributed by atoms with Crippen LogP contribution >= 0.6 is 34.8 Å². The Morgan fingerprint density at radius 3 is 2.40 bits per heavy atom. The van der Waals surface area contributed by atoms with Crippen molar-refractivity contribution in [3.05, 3.63) is 62.6 Å². The van der Waals surface area contributed by atoms with Gasteiger partial charge in [0.1, 0.15) is 5.75 Å². The van der Waals surface area contributed by atoms with Gasteiger partial charge in [-0.3, -0.25) is 4.79 Å². The molecule has 0 unspecified atom stereocenters. The Morgan fingerprint density at radius 1 is 1.00 bits per heavy atom. The monoisotopic (exact) mass is 328 g/mol. The van der Waals surface area contributed by atoms with Crippen LogP contribution in [0.15, 0.2) is 36.4 Å². The van der Waals surface area contributed by atoms with Crippen LogP contribution in [0, 0.1) is 6.92 Å². The fraction of sp³-hybridized carbons (Fsp3) is 0.133. The van der Waals surface area contributed by atoms with Gasteiger partial charge < -0.3 is 4.74 Å². The van der Waals surface area contributed by atoms with Crippen molar-refractivity contribution in [2.75, 3.05) is 6.61 Å². The number of carbonyl (C=O) groups is 1. The zero-order chi connectivity index (χ0) is 14.7. The molecule has 0 spiro atoms. The smallest absolute Gasteiger partial charge is 0.200 e. The van der Waals surface area contributed by atoms with Gasteiger partial charge in [-0.2, -0.15) is 0 Å². The highest BCUT2D eigenvalue weighted by Gasteiger charge is 2.10. The minimum absolute atomic E-state index is 0.110.